The summed E-state index contributed by atoms with van der Waals surface area (Å²) in [5, 5.41) is 2.46. The van der Waals surface area contributed by atoms with Gasteiger partial charge in [-0.05, 0) is 81.8 Å². The van der Waals surface area contributed by atoms with E-state index < -0.39 is 27.5 Å². The molecule has 1 aromatic carbocycles. The first-order valence-electron chi connectivity index (χ1n) is 13.1. The molecule has 2 heterocycles. The van der Waals surface area contributed by atoms with Crippen LogP contribution in [0.25, 0.3) is 10.9 Å². The maximum atomic E-state index is 13.5. The van der Waals surface area contributed by atoms with Gasteiger partial charge in [0, 0.05) is 12.0 Å². The molecule has 0 spiro atoms. The van der Waals surface area contributed by atoms with Crippen LogP contribution >= 0.6 is 0 Å². The van der Waals surface area contributed by atoms with Gasteiger partial charge in [0.25, 0.3) is 5.56 Å². The number of aromatic nitrogens is 2. The molecule has 4 aliphatic carbocycles. The summed E-state index contributed by atoms with van der Waals surface area (Å²) in [7, 11) is -3.58. The van der Waals surface area contributed by atoms with Gasteiger partial charge in [0.05, 0.1) is 11.3 Å². The zero-order chi connectivity index (χ0) is 25.9. The molecule has 37 heavy (non-hydrogen) atoms. The van der Waals surface area contributed by atoms with Gasteiger partial charge >= 0.3 is 0 Å². The van der Waals surface area contributed by atoms with Crippen molar-refractivity contribution in [3.63, 3.8) is 0 Å². The molecule has 5 fully saturated rings. The van der Waals surface area contributed by atoms with Crippen molar-refractivity contribution in [3.8, 4) is 5.75 Å². The highest BCUT2D eigenvalue weighted by molar-refractivity contribution is 7.89. The van der Waals surface area contributed by atoms with E-state index in [1.54, 1.807) is 25.1 Å². The number of rotatable bonds is 7. The molecule has 1 aliphatic heterocycles. The topological polar surface area (TPSA) is 136 Å². The van der Waals surface area contributed by atoms with E-state index in [9.17, 15) is 22.8 Å². The van der Waals surface area contributed by atoms with Crippen molar-refractivity contribution in [1.29, 1.82) is 0 Å². The molecule has 1 aromatic heterocycles. The lowest BCUT2D eigenvalue weighted by atomic mass is 9.53. The van der Waals surface area contributed by atoms with Crippen LogP contribution in [0.4, 0.5) is 0 Å². The Morgan fingerprint density at radius 1 is 1.11 bits per heavy atom. The number of piperidine rings is 1. The van der Waals surface area contributed by atoms with E-state index in [0.717, 1.165) is 19.3 Å². The SMILES string of the molecule is Cc1nc2cccc(OCCS(=O)(=O)NC34CC5CC(CC(C5)C3)C4)c2c(=O)n1C1CCC(=O)NC1=O. The summed E-state index contributed by atoms with van der Waals surface area (Å²) >= 11 is 0. The Morgan fingerprint density at radius 3 is 2.43 bits per heavy atom. The number of hydrogen-bond donors (Lipinski definition) is 2. The van der Waals surface area contributed by atoms with Crippen molar-refractivity contribution >= 4 is 32.7 Å². The van der Waals surface area contributed by atoms with Crippen LogP contribution in [0.3, 0.4) is 0 Å². The molecular weight excluding hydrogens is 496 g/mol. The second-order valence-electron chi connectivity index (χ2n) is 11.4. The van der Waals surface area contributed by atoms with E-state index in [4.69, 9.17) is 4.74 Å². The average Bonchev–Trinajstić information content (AvgIpc) is 2.78. The number of benzene rings is 1. The number of aryl methyl sites for hydroxylation is 1. The lowest BCUT2D eigenvalue weighted by Crippen LogP contribution is -2.60. The van der Waals surface area contributed by atoms with E-state index in [0.29, 0.717) is 29.1 Å². The summed E-state index contributed by atoms with van der Waals surface area (Å²) in [5.41, 5.74) is -0.371. The molecule has 7 rings (SSSR count). The second kappa shape index (κ2) is 8.90. The molecule has 1 unspecified atom stereocenters. The molecular formula is C26H32N4O6S. The molecule has 5 aliphatic rings. The monoisotopic (exact) mass is 528 g/mol. The fraction of sp³-hybridized carbons (Fsp3) is 0.615. The molecule has 2 amide bonds. The van der Waals surface area contributed by atoms with Crippen LogP contribution in [0.2, 0.25) is 0 Å². The van der Waals surface area contributed by atoms with Gasteiger partial charge in [-0.3, -0.25) is 24.3 Å². The van der Waals surface area contributed by atoms with Gasteiger partial charge in [0.1, 0.15) is 29.6 Å². The number of nitrogens with one attached hydrogen (secondary N) is 2. The number of sulfonamides is 1. The standard InChI is InChI=1S/C26H32N4O6S/c1-15-27-19-3-2-4-21(23(19)25(33)30(15)20-5-6-22(31)28-24(20)32)36-7-8-37(34,35)29-26-12-16-9-17(13-26)11-18(10-16)14-26/h2-4,16-18,20,29H,5-14H2,1H3,(H,28,31,32). The quantitative estimate of drug-likeness (QED) is 0.524. The maximum absolute atomic E-state index is 13.5. The number of fused-ring (bicyclic) bond motifs is 1. The number of amides is 2. The summed E-state index contributed by atoms with van der Waals surface area (Å²) in [6, 6.07) is 4.13. The van der Waals surface area contributed by atoms with Crippen LogP contribution in [-0.2, 0) is 19.6 Å². The second-order valence-corrected chi connectivity index (χ2v) is 13.3. The smallest absolute Gasteiger partial charge is 0.265 e. The van der Waals surface area contributed by atoms with Gasteiger partial charge in [-0.15, -0.1) is 0 Å². The minimum absolute atomic E-state index is 0.119. The Bertz CT molecular complexity index is 1410. The molecule has 0 radical (unpaired) electrons. The van der Waals surface area contributed by atoms with Crippen molar-refractivity contribution in [1.82, 2.24) is 19.6 Å². The molecule has 1 atom stereocenters. The maximum Gasteiger partial charge on any atom is 0.265 e. The highest BCUT2D eigenvalue weighted by Gasteiger charge is 2.52. The summed E-state index contributed by atoms with van der Waals surface area (Å²) in [6.45, 7) is 1.52. The molecule has 4 bridgehead atoms. The predicted octanol–water partition coefficient (Wildman–Crippen LogP) is 1.95. The molecule has 2 N–H and O–H groups in total. The first-order chi connectivity index (χ1) is 17.6. The number of hydrogen-bond acceptors (Lipinski definition) is 7. The van der Waals surface area contributed by atoms with Gasteiger partial charge in [-0.25, -0.2) is 18.1 Å². The molecule has 10 nitrogen and oxygen atoms in total. The fourth-order valence-electron chi connectivity index (χ4n) is 7.62. The lowest BCUT2D eigenvalue weighted by Gasteiger charge is -2.56. The molecule has 1 saturated heterocycles. The van der Waals surface area contributed by atoms with Gasteiger partial charge in [0.2, 0.25) is 21.8 Å². The number of ether oxygens (including phenoxy) is 1. The average molecular weight is 529 g/mol. The third-order valence-corrected chi connectivity index (χ3v) is 10.1. The van der Waals surface area contributed by atoms with Gasteiger partial charge in [-0.2, -0.15) is 0 Å². The van der Waals surface area contributed by atoms with Crippen LogP contribution in [0, 0.1) is 24.7 Å². The highest BCUT2D eigenvalue weighted by atomic mass is 32.2. The Labute approximate surface area is 215 Å². The van der Waals surface area contributed by atoms with Crippen LogP contribution < -0.4 is 20.3 Å². The Balaban J connectivity index is 1.20. The van der Waals surface area contributed by atoms with Gasteiger partial charge in [0.15, 0.2) is 0 Å². The van der Waals surface area contributed by atoms with Crippen molar-refractivity contribution < 1.29 is 22.7 Å². The normalized spacial score (nSPS) is 31.1. The van der Waals surface area contributed by atoms with E-state index in [2.05, 4.69) is 15.0 Å². The van der Waals surface area contributed by atoms with E-state index in [-0.39, 0.29) is 47.8 Å². The number of carbonyl (C=O) groups is 2. The van der Waals surface area contributed by atoms with Gasteiger partial charge in [-0.1, -0.05) is 6.07 Å². The largest absolute Gasteiger partial charge is 0.492 e. The minimum Gasteiger partial charge on any atom is -0.492 e. The molecule has 4 saturated carbocycles. The van der Waals surface area contributed by atoms with Crippen LogP contribution in [0.5, 0.6) is 5.75 Å². The van der Waals surface area contributed by atoms with Gasteiger partial charge < -0.3 is 4.74 Å². The number of nitrogens with zero attached hydrogens (tertiary/aromatic N) is 2. The van der Waals surface area contributed by atoms with E-state index in [1.165, 1.54) is 23.8 Å². The van der Waals surface area contributed by atoms with Crippen molar-refractivity contribution in [2.75, 3.05) is 12.4 Å². The Kier molecular flexibility index (Phi) is 5.91. The fourth-order valence-corrected chi connectivity index (χ4v) is 8.93. The third kappa shape index (κ3) is 4.56. The van der Waals surface area contributed by atoms with E-state index in [1.807, 2.05) is 0 Å². The zero-order valence-electron chi connectivity index (χ0n) is 20.9. The summed E-state index contributed by atoms with van der Waals surface area (Å²) in [4.78, 5) is 42.0. The summed E-state index contributed by atoms with van der Waals surface area (Å²) in [5.74, 6) is 1.34. The Morgan fingerprint density at radius 2 is 1.78 bits per heavy atom. The zero-order valence-corrected chi connectivity index (χ0v) is 21.7. The minimum atomic E-state index is -3.58. The lowest BCUT2D eigenvalue weighted by molar-refractivity contribution is -0.135. The first kappa shape index (κ1) is 24.5. The molecule has 198 valence electrons. The number of carbonyl (C=O) groups excluding carboxylic acids is 2. The Hall–Kier alpha value is -2.79. The predicted molar refractivity (Wildman–Crippen MR) is 135 cm³/mol. The van der Waals surface area contributed by atoms with Crippen LogP contribution in [-0.4, -0.2) is 47.7 Å². The summed E-state index contributed by atoms with van der Waals surface area (Å²) in [6.07, 6.45) is 6.80. The van der Waals surface area contributed by atoms with E-state index >= 15 is 0 Å². The van der Waals surface area contributed by atoms with Crippen molar-refractivity contribution in [2.45, 2.75) is 69.9 Å². The molecule has 11 heteroatoms. The first-order valence-corrected chi connectivity index (χ1v) is 14.8. The van der Waals surface area contributed by atoms with Crippen molar-refractivity contribution in [2.24, 2.45) is 17.8 Å². The van der Waals surface area contributed by atoms with Crippen LogP contribution in [0.15, 0.2) is 23.0 Å². The van der Waals surface area contributed by atoms with Crippen molar-refractivity contribution in [3.05, 3.63) is 34.4 Å². The molecule has 2 aromatic rings. The summed E-state index contributed by atoms with van der Waals surface area (Å²) < 4.78 is 36.3. The van der Waals surface area contributed by atoms with Crippen LogP contribution in [0.1, 0.15) is 63.2 Å². The third-order valence-electron chi connectivity index (χ3n) is 8.61. The highest BCUT2D eigenvalue weighted by Crippen LogP contribution is 2.55. The number of imide groups is 1.